The number of carbonyl (C=O) groups excluding carboxylic acids is 2. The fourth-order valence-corrected chi connectivity index (χ4v) is 5.51. The van der Waals surface area contributed by atoms with Crippen molar-refractivity contribution in [1.29, 1.82) is 0 Å². The molecule has 3 aromatic rings. The van der Waals surface area contributed by atoms with E-state index in [1.165, 1.54) is 4.90 Å². The van der Waals surface area contributed by atoms with Gasteiger partial charge in [0.05, 0.1) is 28.4 Å². The summed E-state index contributed by atoms with van der Waals surface area (Å²) >= 11 is 14.2. The SMILES string of the molecule is Cc1ccsc1CN(Cc1ccccc1)C(=O)CN(C[C@H]1CCCO1)C(=O)Nc1c(Cl)cccc1Cl. The number of rotatable bonds is 9. The number of benzene rings is 2. The Balaban J connectivity index is 1.54. The van der Waals surface area contributed by atoms with E-state index in [-0.39, 0.29) is 18.6 Å². The van der Waals surface area contributed by atoms with E-state index in [2.05, 4.69) is 11.4 Å². The van der Waals surface area contributed by atoms with Gasteiger partial charge in [-0.1, -0.05) is 59.6 Å². The Hall–Kier alpha value is -2.58. The summed E-state index contributed by atoms with van der Waals surface area (Å²) in [6.45, 7) is 3.83. The zero-order chi connectivity index (χ0) is 25.5. The molecule has 0 saturated carbocycles. The summed E-state index contributed by atoms with van der Waals surface area (Å²) in [5.74, 6) is -0.148. The highest BCUT2D eigenvalue weighted by atomic mass is 35.5. The lowest BCUT2D eigenvalue weighted by Gasteiger charge is -2.29. The van der Waals surface area contributed by atoms with Crippen molar-refractivity contribution in [3.8, 4) is 0 Å². The molecule has 1 atom stereocenters. The number of anilines is 1. The van der Waals surface area contributed by atoms with E-state index >= 15 is 0 Å². The fourth-order valence-electron chi connectivity index (χ4n) is 4.10. The number of thiophene rings is 1. The summed E-state index contributed by atoms with van der Waals surface area (Å²) in [4.78, 5) is 31.5. The molecule has 36 heavy (non-hydrogen) atoms. The molecule has 1 aliphatic heterocycles. The molecular weight excluding hydrogens is 517 g/mol. The maximum absolute atomic E-state index is 13.7. The van der Waals surface area contributed by atoms with Crippen LogP contribution in [-0.4, -0.2) is 47.5 Å². The molecule has 4 rings (SSSR count). The van der Waals surface area contributed by atoms with E-state index in [1.807, 2.05) is 42.6 Å². The van der Waals surface area contributed by atoms with Gasteiger partial charge in [-0.2, -0.15) is 0 Å². The Labute approximate surface area is 225 Å². The number of amides is 3. The number of nitrogens with one attached hydrogen (secondary N) is 1. The van der Waals surface area contributed by atoms with Crippen molar-refractivity contribution in [2.45, 2.75) is 39.0 Å². The van der Waals surface area contributed by atoms with Crippen LogP contribution < -0.4 is 5.32 Å². The van der Waals surface area contributed by atoms with Crippen LogP contribution in [0.15, 0.2) is 60.0 Å². The van der Waals surface area contributed by atoms with E-state index in [4.69, 9.17) is 27.9 Å². The summed E-state index contributed by atoms with van der Waals surface area (Å²) in [6, 6.07) is 16.5. The van der Waals surface area contributed by atoms with E-state index < -0.39 is 6.03 Å². The van der Waals surface area contributed by atoms with Crippen molar-refractivity contribution in [2.75, 3.05) is 25.0 Å². The monoisotopic (exact) mass is 545 g/mol. The number of carbonyl (C=O) groups is 2. The highest BCUT2D eigenvalue weighted by Gasteiger charge is 2.27. The first kappa shape index (κ1) is 26.5. The number of aryl methyl sites for hydroxylation is 1. The number of hydrogen-bond donors (Lipinski definition) is 1. The molecule has 1 aromatic heterocycles. The van der Waals surface area contributed by atoms with Crippen molar-refractivity contribution in [1.82, 2.24) is 9.80 Å². The average molecular weight is 547 g/mol. The van der Waals surface area contributed by atoms with Crippen molar-refractivity contribution < 1.29 is 14.3 Å². The second-order valence-corrected chi connectivity index (χ2v) is 10.6. The van der Waals surface area contributed by atoms with Crippen LogP contribution in [-0.2, 0) is 22.6 Å². The topological polar surface area (TPSA) is 61.9 Å². The molecule has 1 aliphatic rings. The van der Waals surface area contributed by atoms with Crippen LogP contribution in [0.4, 0.5) is 10.5 Å². The number of halogens is 2. The normalized spacial score (nSPS) is 15.0. The van der Waals surface area contributed by atoms with Gasteiger partial charge < -0.3 is 19.9 Å². The molecule has 2 heterocycles. The fraction of sp³-hybridized carbons (Fsp3) is 0.333. The van der Waals surface area contributed by atoms with E-state index in [1.54, 1.807) is 34.4 Å². The number of ether oxygens (including phenoxy) is 1. The molecule has 0 radical (unpaired) electrons. The Morgan fingerprint density at radius 1 is 1.03 bits per heavy atom. The average Bonchev–Trinajstić information content (AvgIpc) is 3.53. The molecule has 2 aromatic carbocycles. The predicted molar refractivity (Wildman–Crippen MR) is 146 cm³/mol. The first-order valence-electron chi connectivity index (χ1n) is 11.9. The molecule has 3 amide bonds. The molecule has 0 spiro atoms. The number of urea groups is 1. The van der Waals surface area contributed by atoms with Gasteiger partial charge in [0.15, 0.2) is 0 Å². The smallest absolute Gasteiger partial charge is 0.322 e. The molecular formula is C27H29Cl2N3O3S. The minimum absolute atomic E-state index is 0.0922. The highest BCUT2D eigenvalue weighted by molar-refractivity contribution is 7.10. The summed E-state index contributed by atoms with van der Waals surface area (Å²) < 4.78 is 5.77. The van der Waals surface area contributed by atoms with Gasteiger partial charge in [0.2, 0.25) is 5.91 Å². The summed E-state index contributed by atoms with van der Waals surface area (Å²) in [5, 5.41) is 5.49. The third-order valence-electron chi connectivity index (χ3n) is 6.13. The molecule has 6 nitrogen and oxygen atoms in total. The lowest BCUT2D eigenvalue weighted by molar-refractivity contribution is -0.133. The van der Waals surface area contributed by atoms with E-state index in [0.717, 1.165) is 28.8 Å². The van der Waals surface area contributed by atoms with Gasteiger partial charge in [-0.15, -0.1) is 11.3 Å². The lowest BCUT2D eigenvalue weighted by atomic mass is 10.2. The Morgan fingerprint density at radius 2 is 1.78 bits per heavy atom. The third kappa shape index (κ3) is 7.01. The van der Waals surface area contributed by atoms with Gasteiger partial charge >= 0.3 is 6.03 Å². The summed E-state index contributed by atoms with van der Waals surface area (Å²) in [5.41, 5.74) is 2.50. The first-order chi connectivity index (χ1) is 17.4. The molecule has 0 bridgehead atoms. The maximum Gasteiger partial charge on any atom is 0.322 e. The van der Waals surface area contributed by atoms with Crippen LogP contribution in [0, 0.1) is 6.92 Å². The molecule has 0 unspecified atom stereocenters. The zero-order valence-corrected chi connectivity index (χ0v) is 22.4. The van der Waals surface area contributed by atoms with Gasteiger partial charge in [-0.3, -0.25) is 4.79 Å². The van der Waals surface area contributed by atoms with Crippen LogP contribution in [0.3, 0.4) is 0 Å². The predicted octanol–water partition coefficient (Wildman–Crippen LogP) is 6.61. The summed E-state index contributed by atoms with van der Waals surface area (Å²) in [7, 11) is 0. The molecule has 1 N–H and O–H groups in total. The van der Waals surface area contributed by atoms with Crippen molar-refractivity contribution in [2.24, 2.45) is 0 Å². The molecule has 1 fully saturated rings. The van der Waals surface area contributed by atoms with Crippen LogP contribution in [0.5, 0.6) is 0 Å². The van der Waals surface area contributed by atoms with Gasteiger partial charge in [0, 0.05) is 24.6 Å². The van der Waals surface area contributed by atoms with Crippen LogP contribution in [0.1, 0.15) is 28.8 Å². The second kappa shape index (κ2) is 12.6. The van der Waals surface area contributed by atoms with E-state index in [9.17, 15) is 9.59 Å². The van der Waals surface area contributed by atoms with E-state index in [0.29, 0.717) is 42.0 Å². The van der Waals surface area contributed by atoms with Crippen molar-refractivity contribution >= 4 is 52.2 Å². The summed E-state index contributed by atoms with van der Waals surface area (Å²) in [6.07, 6.45) is 1.65. The van der Waals surface area contributed by atoms with Crippen molar-refractivity contribution in [3.63, 3.8) is 0 Å². The number of nitrogens with zero attached hydrogens (tertiary/aromatic N) is 2. The lowest BCUT2D eigenvalue weighted by Crippen LogP contribution is -2.46. The van der Waals surface area contributed by atoms with Crippen LogP contribution in [0.2, 0.25) is 10.0 Å². The maximum atomic E-state index is 13.7. The van der Waals surface area contributed by atoms with Gasteiger partial charge in [0.25, 0.3) is 0 Å². The first-order valence-corrected chi connectivity index (χ1v) is 13.5. The molecule has 0 aliphatic carbocycles. The molecule has 1 saturated heterocycles. The van der Waals surface area contributed by atoms with Gasteiger partial charge in [-0.25, -0.2) is 4.79 Å². The van der Waals surface area contributed by atoms with Crippen molar-refractivity contribution in [3.05, 3.63) is 86.0 Å². The van der Waals surface area contributed by atoms with Gasteiger partial charge in [-0.05, 0) is 54.5 Å². The Kier molecular flexibility index (Phi) is 9.26. The number of hydrogen-bond acceptors (Lipinski definition) is 4. The van der Waals surface area contributed by atoms with Gasteiger partial charge in [0.1, 0.15) is 6.54 Å². The zero-order valence-electron chi connectivity index (χ0n) is 20.1. The largest absolute Gasteiger partial charge is 0.376 e. The molecule has 190 valence electrons. The standard InChI is InChI=1S/C27H29Cl2N3O3S/c1-19-12-14-36-24(19)17-31(15-20-7-3-2-4-8-20)25(33)18-32(16-21-9-6-13-35-21)27(34)30-26-22(28)10-5-11-23(26)29/h2-5,7-8,10-12,14,21H,6,9,13,15-18H2,1H3,(H,30,34)/t21-/m1/s1. The quantitative estimate of drug-likeness (QED) is 0.329. The Morgan fingerprint density at radius 3 is 2.42 bits per heavy atom. The third-order valence-corrected chi connectivity index (χ3v) is 7.77. The number of para-hydroxylation sites is 1. The second-order valence-electron chi connectivity index (χ2n) is 8.80. The van der Waals surface area contributed by atoms with Crippen LogP contribution >= 0.6 is 34.5 Å². The highest BCUT2D eigenvalue weighted by Crippen LogP contribution is 2.30. The molecule has 9 heteroatoms. The minimum Gasteiger partial charge on any atom is -0.376 e. The minimum atomic E-state index is -0.444. The Bertz CT molecular complexity index is 1160. The van der Waals surface area contributed by atoms with Crippen LogP contribution in [0.25, 0.3) is 0 Å².